The maximum Gasteiger partial charge on any atom is 0.187 e. The minimum Gasteiger partial charge on any atom is -0.395 e. The second kappa shape index (κ2) is 16.9. The zero-order valence-corrected chi connectivity index (χ0v) is 25.1. The van der Waals surface area contributed by atoms with Gasteiger partial charge in [0.25, 0.3) is 0 Å². The molecule has 2 saturated heterocycles. The highest BCUT2D eigenvalue weighted by Crippen LogP contribution is 2.32. The Labute approximate surface area is 256 Å². The molecule has 0 aromatic rings. The number of hydrogen-bond donors (Lipinski definition) is 14. The molecule has 0 radical (unpaired) electrons. The number of rotatable bonds is 15. The van der Waals surface area contributed by atoms with Crippen LogP contribution in [-0.2, 0) is 18.9 Å². The molecule has 0 bridgehead atoms. The molecule has 3 rings (SSSR count). The van der Waals surface area contributed by atoms with Crippen LogP contribution in [-0.4, -0.2) is 190 Å². The van der Waals surface area contributed by atoms with Gasteiger partial charge in [0.1, 0.15) is 54.4 Å². The standard InChI is InChI=1S/C26H53N5O13/c1-26(40)10-41-24(20(39)23(26)29-2)44-22-14(31-11(8-32)9-33)5-13(28)21(19(22)38)43-25-18(37)17(36)16(35)15(42-25)7-30-6-12(34)3-4-27/h11-25,29-40H,3-10,27-28H2,1-2H3/t12?,13-,14+,15+,16+,17-,18+,19-,20+,21?,22-,23+,24+,25+,26-/m0/s1. The van der Waals surface area contributed by atoms with E-state index >= 15 is 0 Å². The third kappa shape index (κ3) is 9.00. The van der Waals surface area contributed by atoms with Gasteiger partial charge in [0.05, 0.1) is 38.0 Å². The van der Waals surface area contributed by atoms with Crippen LogP contribution in [0.4, 0.5) is 0 Å². The van der Waals surface area contributed by atoms with Crippen molar-refractivity contribution >= 4 is 0 Å². The van der Waals surface area contributed by atoms with Crippen molar-refractivity contribution in [2.45, 2.75) is 117 Å². The van der Waals surface area contributed by atoms with Gasteiger partial charge in [-0.05, 0) is 33.4 Å². The summed E-state index contributed by atoms with van der Waals surface area (Å²) < 4.78 is 23.4. The van der Waals surface area contributed by atoms with Gasteiger partial charge < -0.3 is 92.3 Å². The summed E-state index contributed by atoms with van der Waals surface area (Å²) in [5.41, 5.74) is 10.4. The Morgan fingerprint density at radius 3 is 2.23 bits per heavy atom. The van der Waals surface area contributed by atoms with Crippen LogP contribution in [0.1, 0.15) is 19.8 Å². The number of nitrogens with two attached hydrogens (primary N) is 2. The molecular formula is C26H53N5O13. The molecule has 18 heteroatoms. The van der Waals surface area contributed by atoms with E-state index in [1.165, 1.54) is 6.92 Å². The van der Waals surface area contributed by atoms with Crippen LogP contribution in [0.15, 0.2) is 0 Å². The average Bonchev–Trinajstić information content (AvgIpc) is 2.97. The van der Waals surface area contributed by atoms with E-state index < -0.39 is 110 Å². The van der Waals surface area contributed by atoms with Crippen LogP contribution in [0.5, 0.6) is 0 Å². The summed E-state index contributed by atoms with van der Waals surface area (Å²) in [5, 5.41) is 103. The van der Waals surface area contributed by atoms with Crippen molar-refractivity contribution in [1.29, 1.82) is 0 Å². The maximum absolute atomic E-state index is 11.5. The SMILES string of the molecule is CN[C@@H]1[C@@H](O)[C@@H](O[C@H]2[C@H](NC(CO)CO)C[C@H](N)C(O[C@H]3O[C@H](CNCC(O)CCN)[C@@H](O)[C@H](O)[C@H]3O)[C@@H]2O)OC[C@]1(C)O. The van der Waals surface area contributed by atoms with Crippen LogP contribution in [0.3, 0.4) is 0 Å². The molecule has 44 heavy (non-hydrogen) atoms. The van der Waals surface area contributed by atoms with Gasteiger partial charge in [-0.2, -0.15) is 0 Å². The van der Waals surface area contributed by atoms with Gasteiger partial charge in [0, 0.05) is 25.2 Å². The molecule has 260 valence electrons. The lowest BCUT2D eigenvalue weighted by Crippen LogP contribution is -2.70. The van der Waals surface area contributed by atoms with Gasteiger partial charge in [0.15, 0.2) is 12.6 Å². The molecule has 3 aliphatic rings. The molecule has 3 fully saturated rings. The zero-order chi connectivity index (χ0) is 32.8. The van der Waals surface area contributed by atoms with Crippen molar-refractivity contribution in [3.8, 4) is 0 Å². The van der Waals surface area contributed by atoms with Crippen molar-refractivity contribution in [1.82, 2.24) is 16.0 Å². The summed E-state index contributed by atoms with van der Waals surface area (Å²) in [7, 11) is 1.55. The Morgan fingerprint density at radius 2 is 1.61 bits per heavy atom. The van der Waals surface area contributed by atoms with Crippen molar-refractivity contribution in [2.24, 2.45) is 11.5 Å². The molecule has 2 heterocycles. The number of aliphatic hydroxyl groups excluding tert-OH is 8. The van der Waals surface area contributed by atoms with E-state index in [0.717, 1.165) is 0 Å². The Morgan fingerprint density at radius 1 is 0.955 bits per heavy atom. The molecular weight excluding hydrogens is 590 g/mol. The fourth-order valence-electron chi connectivity index (χ4n) is 5.98. The normalized spacial score (nSPS) is 44.2. The van der Waals surface area contributed by atoms with E-state index in [1.807, 2.05) is 0 Å². The van der Waals surface area contributed by atoms with Gasteiger partial charge in [-0.15, -0.1) is 0 Å². The Bertz CT molecular complexity index is 848. The molecule has 16 N–H and O–H groups in total. The summed E-state index contributed by atoms with van der Waals surface area (Å²) in [6, 6.07) is -3.38. The lowest BCUT2D eigenvalue weighted by atomic mass is 9.83. The van der Waals surface area contributed by atoms with Crippen molar-refractivity contribution < 1.29 is 64.9 Å². The lowest BCUT2D eigenvalue weighted by molar-refractivity contribution is -0.331. The molecule has 0 aromatic carbocycles. The van der Waals surface area contributed by atoms with Gasteiger partial charge >= 0.3 is 0 Å². The van der Waals surface area contributed by atoms with Gasteiger partial charge in [-0.25, -0.2) is 0 Å². The Balaban J connectivity index is 1.77. The quantitative estimate of drug-likeness (QED) is 0.0788. The predicted octanol–water partition coefficient (Wildman–Crippen LogP) is -7.68. The average molecular weight is 644 g/mol. The van der Waals surface area contributed by atoms with Crippen molar-refractivity contribution in [3.05, 3.63) is 0 Å². The first kappa shape index (κ1) is 37.7. The van der Waals surface area contributed by atoms with E-state index in [9.17, 15) is 46.0 Å². The largest absolute Gasteiger partial charge is 0.395 e. The van der Waals surface area contributed by atoms with Crippen LogP contribution in [0.2, 0.25) is 0 Å². The fraction of sp³-hybridized carbons (Fsp3) is 1.00. The highest BCUT2D eigenvalue weighted by molar-refractivity contribution is 5.03. The summed E-state index contributed by atoms with van der Waals surface area (Å²) in [6.07, 6.45) is -14.6. The van der Waals surface area contributed by atoms with E-state index in [2.05, 4.69) is 16.0 Å². The minimum absolute atomic E-state index is 0.0273. The molecule has 0 spiro atoms. The second-order valence-electron chi connectivity index (χ2n) is 12.1. The summed E-state index contributed by atoms with van der Waals surface area (Å²) >= 11 is 0. The lowest BCUT2D eigenvalue weighted by Gasteiger charge is -2.50. The topological polar surface area (TPSA) is 307 Å². The van der Waals surface area contributed by atoms with Gasteiger partial charge in [-0.1, -0.05) is 0 Å². The Hall–Kier alpha value is -0.720. The monoisotopic (exact) mass is 643 g/mol. The van der Waals surface area contributed by atoms with Gasteiger partial charge in [0.2, 0.25) is 0 Å². The number of hydrogen-bond acceptors (Lipinski definition) is 18. The molecule has 0 amide bonds. The number of aliphatic hydroxyl groups is 9. The molecule has 18 nitrogen and oxygen atoms in total. The van der Waals surface area contributed by atoms with Crippen LogP contribution in [0, 0.1) is 0 Å². The molecule has 2 aliphatic heterocycles. The summed E-state index contributed by atoms with van der Waals surface area (Å²) in [4.78, 5) is 0. The molecule has 1 aliphatic carbocycles. The molecule has 1 saturated carbocycles. The van der Waals surface area contributed by atoms with E-state index in [1.54, 1.807) is 7.05 Å². The number of nitrogens with one attached hydrogen (secondary N) is 3. The van der Waals surface area contributed by atoms with Crippen LogP contribution in [0.25, 0.3) is 0 Å². The molecule has 15 atom stereocenters. The first-order chi connectivity index (χ1) is 20.8. The smallest absolute Gasteiger partial charge is 0.187 e. The van der Waals surface area contributed by atoms with Crippen LogP contribution >= 0.6 is 0 Å². The van der Waals surface area contributed by atoms with Crippen molar-refractivity contribution in [3.63, 3.8) is 0 Å². The Kier molecular flexibility index (Phi) is 14.5. The third-order valence-corrected chi connectivity index (χ3v) is 8.53. The first-order valence-electron chi connectivity index (χ1n) is 15.0. The van der Waals surface area contributed by atoms with Crippen LogP contribution < -0.4 is 27.4 Å². The van der Waals surface area contributed by atoms with E-state index in [0.29, 0.717) is 6.42 Å². The minimum atomic E-state index is -1.73. The predicted molar refractivity (Wildman–Crippen MR) is 152 cm³/mol. The summed E-state index contributed by atoms with van der Waals surface area (Å²) in [6.45, 7) is 0.765. The molecule has 2 unspecified atom stereocenters. The highest BCUT2D eigenvalue weighted by atomic mass is 16.7. The van der Waals surface area contributed by atoms with Gasteiger partial charge in [-0.3, -0.25) is 0 Å². The third-order valence-electron chi connectivity index (χ3n) is 8.53. The van der Waals surface area contributed by atoms with Crippen molar-refractivity contribution in [2.75, 3.05) is 46.5 Å². The summed E-state index contributed by atoms with van der Waals surface area (Å²) in [5.74, 6) is 0. The van der Waals surface area contributed by atoms with E-state index in [4.69, 9.17) is 30.4 Å². The number of likely N-dealkylation sites (N-methyl/N-ethyl adjacent to an activating group) is 1. The second-order valence-corrected chi connectivity index (χ2v) is 12.1. The van der Waals surface area contributed by atoms with E-state index in [-0.39, 0.29) is 32.7 Å². The number of ether oxygens (including phenoxy) is 4. The molecule has 0 aromatic heterocycles. The first-order valence-corrected chi connectivity index (χ1v) is 15.0. The zero-order valence-electron chi connectivity index (χ0n) is 25.1. The highest BCUT2D eigenvalue weighted by Gasteiger charge is 2.53. The fourth-order valence-corrected chi connectivity index (χ4v) is 5.98. The maximum atomic E-state index is 11.5.